The van der Waals surface area contributed by atoms with Crippen molar-refractivity contribution in [1.82, 2.24) is 10.9 Å². The fourth-order valence-corrected chi connectivity index (χ4v) is 2.80. The van der Waals surface area contributed by atoms with Gasteiger partial charge >= 0.3 is 0 Å². The first-order valence-electron chi connectivity index (χ1n) is 7.69. The third-order valence-corrected chi connectivity index (χ3v) is 4.30. The van der Waals surface area contributed by atoms with Crippen LogP contribution in [0.4, 0.5) is 0 Å². The normalized spacial score (nSPS) is 11.2. The fourth-order valence-electron chi connectivity index (χ4n) is 2.06. The van der Waals surface area contributed by atoms with Gasteiger partial charge in [0.25, 0.3) is 11.8 Å². The minimum atomic E-state index is -0.831. The van der Waals surface area contributed by atoms with E-state index in [2.05, 4.69) is 33.4 Å². The fraction of sp³-hybridized carbons (Fsp3) is 0.222. The van der Waals surface area contributed by atoms with Gasteiger partial charge in [-0.25, -0.2) is 0 Å². The number of hydrogen-bond acceptors (Lipinski definition) is 5. The lowest BCUT2D eigenvalue weighted by molar-refractivity contribution is -0.128. The van der Waals surface area contributed by atoms with E-state index in [0.29, 0.717) is 22.8 Å². The van der Waals surface area contributed by atoms with Crippen LogP contribution in [0.1, 0.15) is 17.3 Å². The Hall–Kier alpha value is -2.49. The first-order valence-corrected chi connectivity index (χ1v) is 8.77. The topological polar surface area (TPSA) is 85.9 Å². The summed E-state index contributed by atoms with van der Waals surface area (Å²) in [4.78, 5) is 24.3. The molecule has 2 aromatic carbocycles. The van der Waals surface area contributed by atoms with Crippen LogP contribution in [0, 0.1) is 3.57 Å². The van der Waals surface area contributed by atoms with Crippen LogP contribution < -0.4 is 25.1 Å². The zero-order valence-corrected chi connectivity index (χ0v) is 16.7. The van der Waals surface area contributed by atoms with Crippen molar-refractivity contribution in [3.8, 4) is 17.2 Å². The predicted molar refractivity (Wildman–Crippen MR) is 104 cm³/mol. The van der Waals surface area contributed by atoms with E-state index in [9.17, 15) is 9.59 Å². The molecule has 26 heavy (non-hydrogen) atoms. The second-order valence-corrected chi connectivity index (χ2v) is 6.37. The maximum atomic E-state index is 12.2. The molecule has 2 N–H and O–H groups in total. The average Bonchev–Trinajstić information content (AvgIpc) is 2.66. The van der Waals surface area contributed by atoms with E-state index >= 15 is 0 Å². The minimum Gasteiger partial charge on any atom is -0.496 e. The smallest absolute Gasteiger partial charge is 0.279 e. The molecule has 0 aromatic heterocycles. The van der Waals surface area contributed by atoms with Crippen LogP contribution in [0.3, 0.4) is 0 Å². The second-order valence-electron chi connectivity index (χ2n) is 5.20. The summed E-state index contributed by atoms with van der Waals surface area (Å²) in [7, 11) is 3.07. The van der Waals surface area contributed by atoms with Crippen molar-refractivity contribution in [3.63, 3.8) is 0 Å². The zero-order chi connectivity index (χ0) is 19.1. The monoisotopic (exact) mass is 470 g/mol. The number of nitrogens with one attached hydrogen (secondary N) is 2. The number of rotatable bonds is 6. The number of methoxy groups -OCH3 is 2. The first kappa shape index (κ1) is 19.8. The summed E-state index contributed by atoms with van der Waals surface area (Å²) in [5, 5.41) is 0. The maximum absolute atomic E-state index is 12.2. The average molecular weight is 470 g/mol. The van der Waals surface area contributed by atoms with Gasteiger partial charge in [0.15, 0.2) is 17.6 Å². The molecule has 0 radical (unpaired) electrons. The summed E-state index contributed by atoms with van der Waals surface area (Å²) in [5.41, 5.74) is 5.11. The molecule has 0 fully saturated rings. The SMILES string of the molecule is COc1ccc(C(=O)NNC(=O)C(C)Oc2ccccc2OC)cc1I. The molecule has 0 spiro atoms. The van der Waals surface area contributed by atoms with E-state index in [1.807, 2.05) is 0 Å². The predicted octanol–water partition coefficient (Wildman–Crippen LogP) is 2.54. The number of amides is 2. The van der Waals surface area contributed by atoms with Gasteiger partial charge in [-0.15, -0.1) is 0 Å². The van der Waals surface area contributed by atoms with Crippen molar-refractivity contribution in [1.29, 1.82) is 0 Å². The van der Waals surface area contributed by atoms with E-state index in [0.717, 1.165) is 3.57 Å². The van der Waals surface area contributed by atoms with Crippen molar-refractivity contribution in [2.24, 2.45) is 0 Å². The quantitative estimate of drug-likeness (QED) is 0.501. The van der Waals surface area contributed by atoms with E-state index in [1.165, 1.54) is 7.11 Å². The van der Waals surface area contributed by atoms with Gasteiger partial charge in [-0.2, -0.15) is 0 Å². The van der Waals surface area contributed by atoms with Crippen molar-refractivity contribution < 1.29 is 23.8 Å². The Morgan fingerprint density at radius 3 is 2.23 bits per heavy atom. The summed E-state index contributed by atoms with van der Waals surface area (Å²) in [6.07, 6.45) is -0.831. The largest absolute Gasteiger partial charge is 0.496 e. The number of hydrogen-bond donors (Lipinski definition) is 2. The summed E-state index contributed by atoms with van der Waals surface area (Å²) in [6.45, 7) is 1.57. The van der Waals surface area contributed by atoms with Crippen LogP contribution in [0.2, 0.25) is 0 Å². The van der Waals surface area contributed by atoms with Crippen molar-refractivity contribution in [2.75, 3.05) is 14.2 Å². The van der Waals surface area contributed by atoms with Crippen LogP contribution in [0.25, 0.3) is 0 Å². The Morgan fingerprint density at radius 1 is 0.962 bits per heavy atom. The molecule has 0 saturated carbocycles. The molecule has 2 amide bonds. The number of ether oxygens (including phenoxy) is 3. The Labute approximate surface area is 165 Å². The Balaban J connectivity index is 1.93. The van der Waals surface area contributed by atoms with Gasteiger partial charge in [0, 0.05) is 5.56 Å². The molecule has 8 heteroatoms. The van der Waals surface area contributed by atoms with Crippen LogP contribution in [-0.4, -0.2) is 32.1 Å². The van der Waals surface area contributed by atoms with E-state index in [1.54, 1.807) is 56.5 Å². The molecule has 0 saturated heterocycles. The van der Waals surface area contributed by atoms with Gasteiger partial charge in [-0.05, 0) is 59.8 Å². The van der Waals surface area contributed by atoms with Gasteiger partial charge in [0.1, 0.15) is 5.75 Å². The lowest BCUT2D eigenvalue weighted by Crippen LogP contribution is -2.47. The summed E-state index contributed by atoms with van der Waals surface area (Å²) < 4.78 is 16.7. The number of para-hydroxylation sites is 2. The summed E-state index contributed by atoms with van der Waals surface area (Å²) in [6, 6.07) is 12.0. The molecule has 2 rings (SSSR count). The van der Waals surface area contributed by atoms with Crippen molar-refractivity contribution in [2.45, 2.75) is 13.0 Å². The van der Waals surface area contributed by atoms with Crippen LogP contribution in [0.15, 0.2) is 42.5 Å². The highest BCUT2D eigenvalue weighted by Gasteiger charge is 2.18. The highest BCUT2D eigenvalue weighted by Crippen LogP contribution is 2.26. The molecular formula is C18H19IN2O5. The number of halogens is 1. The number of carbonyl (C=O) groups is 2. The van der Waals surface area contributed by atoms with Crippen molar-refractivity contribution in [3.05, 3.63) is 51.6 Å². The molecule has 0 bridgehead atoms. The molecule has 1 atom stereocenters. The first-order chi connectivity index (χ1) is 12.5. The lowest BCUT2D eigenvalue weighted by atomic mass is 10.2. The summed E-state index contributed by atoms with van der Waals surface area (Å²) in [5.74, 6) is 0.693. The summed E-state index contributed by atoms with van der Waals surface area (Å²) >= 11 is 2.07. The molecule has 0 aliphatic heterocycles. The zero-order valence-electron chi connectivity index (χ0n) is 14.5. The second kappa shape index (κ2) is 9.27. The molecule has 0 aliphatic carbocycles. The number of carbonyl (C=O) groups excluding carboxylic acids is 2. The van der Waals surface area contributed by atoms with E-state index in [-0.39, 0.29) is 0 Å². The van der Waals surface area contributed by atoms with Gasteiger partial charge < -0.3 is 14.2 Å². The van der Waals surface area contributed by atoms with Gasteiger partial charge in [0.05, 0.1) is 17.8 Å². The molecule has 1 unspecified atom stereocenters. The molecule has 138 valence electrons. The van der Waals surface area contributed by atoms with E-state index in [4.69, 9.17) is 14.2 Å². The molecule has 0 aliphatic rings. The highest BCUT2D eigenvalue weighted by molar-refractivity contribution is 14.1. The van der Waals surface area contributed by atoms with Crippen LogP contribution in [-0.2, 0) is 4.79 Å². The van der Waals surface area contributed by atoms with Gasteiger partial charge in [0.2, 0.25) is 0 Å². The molecular weight excluding hydrogens is 451 g/mol. The van der Waals surface area contributed by atoms with E-state index < -0.39 is 17.9 Å². The highest BCUT2D eigenvalue weighted by atomic mass is 127. The Morgan fingerprint density at radius 2 is 1.62 bits per heavy atom. The van der Waals surface area contributed by atoms with Gasteiger partial charge in [-0.3, -0.25) is 20.4 Å². The molecule has 0 heterocycles. The Kier molecular flexibility index (Phi) is 7.07. The minimum absolute atomic E-state index is 0.397. The third-order valence-electron chi connectivity index (χ3n) is 3.46. The number of benzene rings is 2. The molecule has 7 nitrogen and oxygen atoms in total. The lowest BCUT2D eigenvalue weighted by Gasteiger charge is -2.17. The Bertz CT molecular complexity index is 797. The number of hydrazine groups is 1. The standard InChI is InChI=1S/C18H19IN2O5/c1-11(26-16-7-5-4-6-15(16)25-3)17(22)20-21-18(23)12-8-9-14(24-2)13(19)10-12/h4-11H,1-3H3,(H,20,22)(H,21,23). The van der Waals surface area contributed by atoms with Crippen molar-refractivity contribution >= 4 is 34.4 Å². The van der Waals surface area contributed by atoms with Crippen LogP contribution >= 0.6 is 22.6 Å². The third kappa shape index (κ3) is 5.01. The van der Waals surface area contributed by atoms with Gasteiger partial charge in [-0.1, -0.05) is 12.1 Å². The molecule has 2 aromatic rings. The van der Waals surface area contributed by atoms with Crippen LogP contribution in [0.5, 0.6) is 17.2 Å². The maximum Gasteiger partial charge on any atom is 0.279 e.